The van der Waals surface area contributed by atoms with Crippen molar-refractivity contribution in [3.05, 3.63) is 53.6 Å². The predicted octanol–water partition coefficient (Wildman–Crippen LogP) is 2.67. The Labute approximate surface area is 129 Å². The number of para-hydroxylation sites is 1. The first-order valence-electron chi connectivity index (χ1n) is 7.20. The number of phenolic OH excluding ortho intramolecular Hbond substituents is 1. The number of anilines is 1. The summed E-state index contributed by atoms with van der Waals surface area (Å²) in [5.41, 5.74) is 2.07. The highest BCUT2D eigenvalue weighted by molar-refractivity contribution is 6.02. The van der Waals surface area contributed by atoms with E-state index in [4.69, 9.17) is 4.74 Å². The van der Waals surface area contributed by atoms with Gasteiger partial charge in [-0.1, -0.05) is 12.1 Å². The van der Waals surface area contributed by atoms with Crippen LogP contribution in [0.3, 0.4) is 0 Å². The molecule has 0 radical (unpaired) electrons. The third kappa shape index (κ3) is 2.35. The monoisotopic (exact) mass is 298 g/mol. The van der Waals surface area contributed by atoms with E-state index >= 15 is 0 Å². The number of nitrogens with zero attached hydrogens (tertiary/aromatic N) is 1. The van der Waals surface area contributed by atoms with Crippen LogP contribution in [0.1, 0.15) is 29.0 Å². The average molecular weight is 298 g/mol. The molecule has 2 aromatic carbocycles. The summed E-state index contributed by atoms with van der Waals surface area (Å²) in [6, 6.07) is 12.5. The zero-order valence-corrected chi connectivity index (χ0v) is 12.5. The fraction of sp³-hybridized carbons (Fsp3) is 0.235. The molecule has 2 N–H and O–H groups in total. The number of phenols is 1. The lowest BCUT2D eigenvalue weighted by Crippen LogP contribution is -2.44. The average Bonchev–Trinajstić information content (AvgIpc) is 2.53. The van der Waals surface area contributed by atoms with Gasteiger partial charge in [-0.05, 0) is 37.3 Å². The second-order valence-electron chi connectivity index (χ2n) is 5.16. The highest BCUT2D eigenvalue weighted by Gasteiger charge is 2.30. The first-order chi connectivity index (χ1) is 10.6. The summed E-state index contributed by atoms with van der Waals surface area (Å²) < 4.78 is 5.48. The maximum absolute atomic E-state index is 12.3. The predicted molar refractivity (Wildman–Crippen MR) is 84.3 cm³/mol. The van der Waals surface area contributed by atoms with Crippen LogP contribution in [0.4, 0.5) is 5.69 Å². The maximum Gasteiger partial charge on any atom is 0.255 e. The van der Waals surface area contributed by atoms with Crippen LogP contribution < -0.4 is 15.0 Å². The first-order valence-corrected chi connectivity index (χ1v) is 7.20. The van der Waals surface area contributed by atoms with Gasteiger partial charge in [-0.15, -0.1) is 0 Å². The van der Waals surface area contributed by atoms with Crippen molar-refractivity contribution in [2.75, 3.05) is 18.6 Å². The zero-order valence-electron chi connectivity index (χ0n) is 12.5. The quantitative estimate of drug-likeness (QED) is 0.914. The van der Waals surface area contributed by atoms with Crippen molar-refractivity contribution in [3.8, 4) is 11.5 Å². The van der Waals surface area contributed by atoms with Crippen LogP contribution >= 0.6 is 0 Å². The summed E-state index contributed by atoms with van der Waals surface area (Å²) in [5, 5.41) is 13.1. The molecule has 0 bridgehead atoms. The summed E-state index contributed by atoms with van der Waals surface area (Å²) in [7, 11) is 1.88. The third-order valence-corrected chi connectivity index (χ3v) is 3.79. The number of carbonyl (C=O) groups excluding carboxylic acids is 1. The highest BCUT2D eigenvalue weighted by Crippen LogP contribution is 2.36. The van der Waals surface area contributed by atoms with Gasteiger partial charge in [-0.2, -0.15) is 0 Å². The molecule has 1 amide bonds. The molecule has 5 heteroatoms. The van der Waals surface area contributed by atoms with Gasteiger partial charge in [0.25, 0.3) is 5.91 Å². The van der Waals surface area contributed by atoms with Crippen LogP contribution in [0.5, 0.6) is 11.5 Å². The van der Waals surface area contributed by atoms with E-state index in [1.165, 1.54) is 0 Å². The molecule has 0 unspecified atom stereocenters. The first kappa shape index (κ1) is 14.3. The highest BCUT2D eigenvalue weighted by atomic mass is 16.5. The second-order valence-corrected chi connectivity index (χ2v) is 5.16. The molecule has 0 saturated carbocycles. The summed E-state index contributed by atoms with van der Waals surface area (Å²) in [5.74, 6) is 0.636. The van der Waals surface area contributed by atoms with Gasteiger partial charge in [-0.25, -0.2) is 0 Å². The normalized spacial score (nSPS) is 16.9. The van der Waals surface area contributed by atoms with Crippen LogP contribution in [0.25, 0.3) is 0 Å². The molecule has 0 fully saturated rings. The van der Waals surface area contributed by atoms with Gasteiger partial charge < -0.3 is 20.1 Å². The van der Waals surface area contributed by atoms with Gasteiger partial charge in [0.1, 0.15) is 17.7 Å². The molecule has 1 aliphatic rings. The minimum atomic E-state index is -0.442. The molecule has 3 rings (SSSR count). The fourth-order valence-corrected chi connectivity index (χ4v) is 2.71. The van der Waals surface area contributed by atoms with E-state index in [1.54, 1.807) is 24.3 Å². The Morgan fingerprint density at radius 2 is 2.05 bits per heavy atom. The molecular weight excluding hydrogens is 280 g/mol. The lowest BCUT2D eigenvalue weighted by Gasteiger charge is -2.36. The molecule has 5 nitrogen and oxygen atoms in total. The van der Waals surface area contributed by atoms with E-state index in [-0.39, 0.29) is 11.7 Å². The maximum atomic E-state index is 12.3. The van der Waals surface area contributed by atoms with Crippen molar-refractivity contribution in [1.82, 2.24) is 5.32 Å². The number of fused-ring (bicyclic) bond motifs is 1. The van der Waals surface area contributed by atoms with E-state index in [9.17, 15) is 9.90 Å². The number of ether oxygens (including phenoxy) is 1. The van der Waals surface area contributed by atoms with Crippen LogP contribution in [-0.4, -0.2) is 24.7 Å². The van der Waals surface area contributed by atoms with Gasteiger partial charge in [0.2, 0.25) is 0 Å². The molecule has 0 aromatic heterocycles. The van der Waals surface area contributed by atoms with E-state index in [0.717, 1.165) is 5.69 Å². The van der Waals surface area contributed by atoms with E-state index in [0.29, 0.717) is 23.5 Å². The van der Waals surface area contributed by atoms with Crippen LogP contribution in [-0.2, 0) is 0 Å². The Morgan fingerprint density at radius 1 is 1.27 bits per heavy atom. The smallest absolute Gasteiger partial charge is 0.255 e. The summed E-state index contributed by atoms with van der Waals surface area (Å²) in [6.07, 6.45) is -0.442. The van der Waals surface area contributed by atoms with Crippen molar-refractivity contribution in [2.24, 2.45) is 0 Å². The number of hydrogen-bond acceptors (Lipinski definition) is 4. The van der Waals surface area contributed by atoms with Crippen molar-refractivity contribution in [3.63, 3.8) is 0 Å². The molecule has 2 aromatic rings. The minimum Gasteiger partial charge on any atom is -0.508 e. The fourth-order valence-electron chi connectivity index (χ4n) is 2.71. The molecule has 22 heavy (non-hydrogen) atoms. The number of aromatic hydroxyl groups is 1. The van der Waals surface area contributed by atoms with Gasteiger partial charge >= 0.3 is 0 Å². The standard InChI is InChI=1S/C17H18N2O3/c1-3-22-11-8-9-15(20)13(10-11)16-18-17(21)12-6-4-5-7-14(12)19(16)2/h4-10,16,20H,3H2,1-2H3,(H,18,21)/t16-/m1/s1. The Hall–Kier alpha value is -2.69. The molecule has 1 atom stereocenters. The van der Waals surface area contributed by atoms with Crippen LogP contribution in [0.2, 0.25) is 0 Å². The SMILES string of the molecule is CCOc1ccc(O)c([C@@H]2NC(=O)c3ccccc3N2C)c1. The molecular formula is C17H18N2O3. The largest absolute Gasteiger partial charge is 0.508 e. The van der Waals surface area contributed by atoms with Crippen molar-refractivity contribution >= 4 is 11.6 Å². The molecule has 0 saturated heterocycles. The number of hydrogen-bond donors (Lipinski definition) is 2. The molecule has 114 valence electrons. The number of amides is 1. The van der Waals surface area contributed by atoms with E-state index in [1.807, 2.05) is 37.1 Å². The van der Waals surface area contributed by atoms with Crippen LogP contribution in [0, 0.1) is 0 Å². The number of carbonyl (C=O) groups is 1. The van der Waals surface area contributed by atoms with Gasteiger partial charge in [0.15, 0.2) is 0 Å². The third-order valence-electron chi connectivity index (χ3n) is 3.79. The van der Waals surface area contributed by atoms with Gasteiger partial charge in [0, 0.05) is 12.6 Å². The van der Waals surface area contributed by atoms with Crippen molar-refractivity contribution in [2.45, 2.75) is 13.1 Å². The Kier molecular flexibility index (Phi) is 3.63. The summed E-state index contributed by atoms with van der Waals surface area (Å²) in [4.78, 5) is 14.2. The molecule has 1 aliphatic heterocycles. The molecule has 0 aliphatic carbocycles. The number of benzene rings is 2. The lowest BCUT2D eigenvalue weighted by atomic mass is 10.0. The summed E-state index contributed by atoms with van der Waals surface area (Å²) >= 11 is 0. The summed E-state index contributed by atoms with van der Waals surface area (Å²) in [6.45, 7) is 2.44. The van der Waals surface area contributed by atoms with E-state index < -0.39 is 6.17 Å². The Balaban J connectivity index is 2.03. The van der Waals surface area contributed by atoms with Gasteiger partial charge in [-0.3, -0.25) is 4.79 Å². The minimum absolute atomic E-state index is 0.125. The molecule has 0 spiro atoms. The zero-order chi connectivity index (χ0) is 15.7. The van der Waals surface area contributed by atoms with Crippen molar-refractivity contribution < 1.29 is 14.6 Å². The second kappa shape index (κ2) is 5.60. The van der Waals surface area contributed by atoms with Crippen molar-refractivity contribution in [1.29, 1.82) is 0 Å². The topological polar surface area (TPSA) is 61.8 Å². The van der Waals surface area contributed by atoms with Gasteiger partial charge in [0.05, 0.1) is 17.9 Å². The van der Waals surface area contributed by atoms with E-state index in [2.05, 4.69) is 5.32 Å². The Morgan fingerprint density at radius 3 is 2.82 bits per heavy atom. The number of rotatable bonds is 3. The Bertz CT molecular complexity index is 715. The number of nitrogens with one attached hydrogen (secondary N) is 1. The lowest BCUT2D eigenvalue weighted by molar-refractivity contribution is 0.0927. The molecule has 1 heterocycles. The van der Waals surface area contributed by atoms with Crippen LogP contribution in [0.15, 0.2) is 42.5 Å².